The van der Waals surface area contributed by atoms with Crippen LogP contribution in [0.2, 0.25) is 0 Å². The van der Waals surface area contributed by atoms with Crippen molar-refractivity contribution in [1.29, 1.82) is 0 Å². The Balaban J connectivity index is 1.19. The van der Waals surface area contributed by atoms with Gasteiger partial charge in [-0.2, -0.15) is 0 Å². The second-order valence-corrected chi connectivity index (χ2v) is 8.89. The number of ether oxygens (including phenoxy) is 1. The van der Waals surface area contributed by atoms with E-state index in [1.807, 2.05) is 42.5 Å². The number of likely N-dealkylation sites (tertiary alicyclic amines) is 1. The first-order valence-corrected chi connectivity index (χ1v) is 12.1. The molecule has 0 atom stereocenters. The third-order valence-electron chi connectivity index (χ3n) is 6.37. The number of carbonyl (C=O) groups is 2. The fourth-order valence-corrected chi connectivity index (χ4v) is 4.13. The molecule has 2 aromatic carbocycles. The van der Waals surface area contributed by atoms with Gasteiger partial charge in [0, 0.05) is 37.9 Å². The molecule has 0 unspecified atom stereocenters. The molecule has 1 saturated heterocycles. The van der Waals surface area contributed by atoms with Gasteiger partial charge in [-0.1, -0.05) is 54.6 Å². The zero-order valence-electron chi connectivity index (χ0n) is 20.1. The highest BCUT2D eigenvalue weighted by atomic mass is 16.6. The molecular formula is C28H32N4O3. The van der Waals surface area contributed by atoms with Crippen LogP contribution in [0, 0.1) is 12.8 Å². The average Bonchev–Trinajstić information content (AvgIpc) is 2.91. The minimum Gasteiger partial charge on any atom is -0.445 e. The molecule has 2 heterocycles. The molecule has 2 amide bonds. The summed E-state index contributed by atoms with van der Waals surface area (Å²) < 4.78 is 5.43. The molecule has 3 aromatic rings. The van der Waals surface area contributed by atoms with Gasteiger partial charge in [-0.25, -0.2) is 9.78 Å². The minimum atomic E-state index is -0.279. The number of carbonyl (C=O) groups excluding carboxylic acids is 2. The Morgan fingerprint density at radius 3 is 2.54 bits per heavy atom. The highest BCUT2D eigenvalue weighted by Gasteiger charge is 2.24. The third-order valence-corrected chi connectivity index (χ3v) is 6.37. The maximum atomic E-state index is 12.7. The number of nitrogens with one attached hydrogen (secondary N) is 2. The first-order chi connectivity index (χ1) is 17.1. The lowest BCUT2D eigenvalue weighted by Gasteiger charge is -2.31. The lowest BCUT2D eigenvalue weighted by molar-refractivity contribution is 0.0801. The van der Waals surface area contributed by atoms with E-state index in [1.165, 1.54) is 11.1 Å². The maximum absolute atomic E-state index is 12.7. The largest absolute Gasteiger partial charge is 0.445 e. The van der Waals surface area contributed by atoms with Gasteiger partial charge < -0.3 is 20.3 Å². The number of nitrogens with zero attached hydrogens (tertiary/aromatic N) is 2. The van der Waals surface area contributed by atoms with Crippen molar-refractivity contribution in [2.24, 2.45) is 5.92 Å². The van der Waals surface area contributed by atoms with Crippen molar-refractivity contribution in [3.63, 3.8) is 0 Å². The monoisotopic (exact) mass is 472 g/mol. The smallest absolute Gasteiger partial charge is 0.410 e. The fraction of sp³-hybridized carbons (Fsp3) is 0.321. The number of hydrogen-bond acceptors (Lipinski definition) is 5. The van der Waals surface area contributed by atoms with Crippen LogP contribution in [-0.2, 0) is 17.9 Å². The second kappa shape index (κ2) is 12.0. The van der Waals surface area contributed by atoms with Crippen LogP contribution in [0.3, 0.4) is 0 Å². The Hall–Kier alpha value is -3.87. The Morgan fingerprint density at radius 1 is 1.03 bits per heavy atom. The van der Waals surface area contributed by atoms with E-state index in [0.29, 0.717) is 43.5 Å². The lowest BCUT2D eigenvalue weighted by atomic mass is 9.97. The number of piperidine rings is 1. The molecule has 0 saturated carbocycles. The Morgan fingerprint density at radius 2 is 1.77 bits per heavy atom. The van der Waals surface area contributed by atoms with Crippen LogP contribution in [0.25, 0.3) is 0 Å². The van der Waals surface area contributed by atoms with Gasteiger partial charge in [-0.05, 0) is 54.5 Å². The molecule has 0 spiro atoms. The topological polar surface area (TPSA) is 83.6 Å². The van der Waals surface area contributed by atoms with Crippen molar-refractivity contribution < 1.29 is 14.3 Å². The summed E-state index contributed by atoms with van der Waals surface area (Å²) in [4.78, 5) is 31.1. The summed E-state index contributed by atoms with van der Waals surface area (Å²) in [7, 11) is 0. The average molecular weight is 473 g/mol. The van der Waals surface area contributed by atoms with E-state index in [4.69, 9.17) is 4.74 Å². The predicted molar refractivity (Wildman–Crippen MR) is 136 cm³/mol. The lowest BCUT2D eigenvalue weighted by Crippen LogP contribution is -2.41. The van der Waals surface area contributed by atoms with E-state index in [0.717, 1.165) is 18.4 Å². The summed E-state index contributed by atoms with van der Waals surface area (Å²) in [5.74, 6) is 0.886. The predicted octanol–water partition coefficient (Wildman–Crippen LogP) is 4.78. The van der Waals surface area contributed by atoms with Crippen LogP contribution in [0.15, 0.2) is 72.9 Å². The summed E-state index contributed by atoms with van der Waals surface area (Å²) in [6.07, 6.45) is 3.04. The van der Waals surface area contributed by atoms with Crippen LogP contribution in [0.5, 0.6) is 0 Å². The SMILES string of the molecule is Cc1ccccc1CNc1cc(C(=O)NCC2CCN(C(=O)OCc3ccccc3)CC2)ccn1. The fourth-order valence-electron chi connectivity index (χ4n) is 4.13. The van der Waals surface area contributed by atoms with Gasteiger partial charge in [-0.3, -0.25) is 4.79 Å². The zero-order chi connectivity index (χ0) is 24.5. The molecule has 2 N–H and O–H groups in total. The summed E-state index contributed by atoms with van der Waals surface area (Å²) in [5, 5.41) is 6.34. The molecule has 7 nitrogen and oxygen atoms in total. The molecule has 0 bridgehead atoms. The van der Waals surface area contributed by atoms with Gasteiger partial charge in [0.15, 0.2) is 0 Å². The molecule has 0 radical (unpaired) electrons. The quantitative estimate of drug-likeness (QED) is 0.493. The van der Waals surface area contributed by atoms with Crippen LogP contribution < -0.4 is 10.6 Å². The highest BCUT2D eigenvalue weighted by Crippen LogP contribution is 2.18. The summed E-state index contributed by atoms with van der Waals surface area (Å²) >= 11 is 0. The minimum absolute atomic E-state index is 0.115. The van der Waals surface area contributed by atoms with Crippen LogP contribution in [0.4, 0.5) is 10.6 Å². The Bertz CT molecular complexity index is 1130. The Labute approximate surface area is 206 Å². The normalized spacial score (nSPS) is 13.8. The number of pyridine rings is 1. The summed E-state index contributed by atoms with van der Waals surface area (Å²) in [6.45, 7) is 4.86. The van der Waals surface area contributed by atoms with Gasteiger partial charge in [-0.15, -0.1) is 0 Å². The van der Waals surface area contributed by atoms with Crippen molar-refractivity contribution in [3.05, 3.63) is 95.2 Å². The second-order valence-electron chi connectivity index (χ2n) is 8.89. The van der Waals surface area contributed by atoms with Gasteiger partial charge in [0.05, 0.1) is 0 Å². The van der Waals surface area contributed by atoms with Crippen molar-refractivity contribution in [3.8, 4) is 0 Å². The van der Waals surface area contributed by atoms with Gasteiger partial charge in [0.25, 0.3) is 5.91 Å². The number of aryl methyl sites for hydroxylation is 1. The van der Waals surface area contributed by atoms with Gasteiger partial charge in [0.1, 0.15) is 12.4 Å². The summed E-state index contributed by atoms with van der Waals surface area (Å²) in [5.41, 5.74) is 3.96. The number of amides is 2. The molecule has 35 heavy (non-hydrogen) atoms. The first-order valence-electron chi connectivity index (χ1n) is 12.1. The number of aromatic nitrogens is 1. The first kappa shape index (κ1) is 24.3. The van der Waals surface area contributed by atoms with E-state index in [-0.39, 0.29) is 18.6 Å². The molecule has 1 aliphatic rings. The maximum Gasteiger partial charge on any atom is 0.410 e. The molecule has 0 aliphatic carbocycles. The van der Waals surface area contributed by atoms with E-state index < -0.39 is 0 Å². The number of benzene rings is 2. The van der Waals surface area contributed by atoms with E-state index in [2.05, 4.69) is 34.7 Å². The summed E-state index contributed by atoms with van der Waals surface area (Å²) in [6, 6.07) is 21.4. The molecule has 1 aromatic heterocycles. The molecule has 4 rings (SSSR count). The van der Waals surface area contributed by atoms with Gasteiger partial charge >= 0.3 is 6.09 Å². The van der Waals surface area contributed by atoms with E-state index >= 15 is 0 Å². The van der Waals surface area contributed by atoms with Crippen LogP contribution in [0.1, 0.15) is 39.9 Å². The Kier molecular flexibility index (Phi) is 8.33. The van der Waals surface area contributed by atoms with Crippen molar-refractivity contribution in [1.82, 2.24) is 15.2 Å². The molecule has 1 aliphatic heterocycles. The van der Waals surface area contributed by atoms with E-state index in [1.54, 1.807) is 23.2 Å². The highest BCUT2D eigenvalue weighted by molar-refractivity contribution is 5.94. The zero-order valence-corrected chi connectivity index (χ0v) is 20.1. The van der Waals surface area contributed by atoms with Gasteiger partial charge in [0.2, 0.25) is 0 Å². The van der Waals surface area contributed by atoms with Crippen molar-refractivity contribution in [2.45, 2.75) is 32.9 Å². The molecule has 182 valence electrons. The van der Waals surface area contributed by atoms with Crippen molar-refractivity contribution in [2.75, 3.05) is 25.0 Å². The van der Waals surface area contributed by atoms with Crippen LogP contribution in [-0.4, -0.2) is 41.5 Å². The molecule has 1 fully saturated rings. The molecule has 7 heteroatoms. The standard InChI is InChI=1S/C28H32N4O3/c1-21-7-5-6-10-25(21)19-30-26-17-24(11-14-29-26)27(33)31-18-22-12-15-32(16-13-22)28(34)35-20-23-8-3-2-4-9-23/h2-11,14,17,22H,12-13,15-16,18-20H2,1H3,(H,29,30)(H,31,33). The van der Waals surface area contributed by atoms with Crippen molar-refractivity contribution >= 4 is 17.8 Å². The number of hydrogen-bond donors (Lipinski definition) is 2. The van der Waals surface area contributed by atoms with E-state index in [9.17, 15) is 9.59 Å². The number of rotatable bonds is 8. The third kappa shape index (κ3) is 7.06. The molecular weight excluding hydrogens is 440 g/mol. The van der Waals surface area contributed by atoms with Crippen LogP contribution >= 0.6 is 0 Å². The number of anilines is 1.